The van der Waals surface area contributed by atoms with Crippen LogP contribution in [0, 0.1) is 34.5 Å². The Labute approximate surface area is 185 Å². The van der Waals surface area contributed by atoms with Crippen molar-refractivity contribution in [3.63, 3.8) is 0 Å². The van der Waals surface area contributed by atoms with Gasteiger partial charge in [-0.05, 0) is 126 Å². The number of hydrogen-bond acceptors (Lipinski definition) is 2. The third-order valence-electron chi connectivity index (χ3n) is 11.9. The number of rotatable bonds is 2. The summed E-state index contributed by atoms with van der Waals surface area (Å²) in [5.74, 6) is 3.86. The van der Waals surface area contributed by atoms with Gasteiger partial charge in [-0.15, -0.1) is 0 Å². The minimum atomic E-state index is 0.455. The van der Waals surface area contributed by atoms with Crippen molar-refractivity contribution >= 4 is 0 Å². The fourth-order valence-corrected chi connectivity index (χ4v) is 9.93. The van der Waals surface area contributed by atoms with Gasteiger partial charge in [0.1, 0.15) is 0 Å². The zero-order valence-corrected chi connectivity index (χ0v) is 20.0. The van der Waals surface area contributed by atoms with Gasteiger partial charge >= 0.3 is 0 Å². The maximum atomic E-state index is 2.98. The molecule has 4 aliphatic carbocycles. The van der Waals surface area contributed by atoms with Crippen molar-refractivity contribution in [2.24, 2.45) is 34.5 Å². The molecular weight excluding hydrogens is 364 g/mol. The Morgan fingerprint density at radius 1 is 0.867 bits per heavy atom. The Bertz CT molecular complexity index is 687. The molecule has 0 radical (unpaired) electrons. The number of nitrogens with zero attached hydrogens (tertiary/aromatic N) is 2. The lowest BCUT2D eigenvalue weighted by Crippen LogP contribution is -2.61. The molecule has 8 atom stereocenters. The third-order valence-corrected chi connectivity index (χ3v) is 11.9. The van der Waals surface area contributed by atoms with Gasteiger partial charge < -0.3 is 4.90 Å². The smallest absolute Gasteiger partial charge is 0.0204 e. The minimum absolute atomic E-state index is 0.455. The van der Waals surface area contributed by atoms with Crippen LogP contribution in [-0.2, 0) is 0 Å². The maximum Gasteiger partial charge on any atom is 0.0204 e. The predicted octanol–water partition coefficient (Wildman–Crippen LogP) is 6.12. The van der Waals surface area contributed by atoms with Crippen molar-refractivity contribution in [3.05, 3.63) is 11.6 Å². The van der Waals surface area contributed by atoms with E-state index >= 15 is 0 Å². The summed E-state index contributed by atoms with van der Waals surface area (Å²) in [6, 6.07) is 1.64. The molecule has 2 nitrogen and oxygen atoms in total. The van der Waals surface area contributed by atoms with Crippen molar-refractivity contribution < 1.29 is 0 Å². The van der Waals surface area contributed by atoms with Gasteiger partial charge in [-0.1, -0.05) is 32.4 Å². The molecule has 2 saturated heterocycles. The number of fused-ring (bicyclic) bond motifs is 5. The molecular formula is C28H46N2. The molecule has 30 heavy (non-hydrogen) atoms. The standard InChI is InChI=1S/C28H46N2/c1-20-8-11-24-23-10-9-21-18-22(29-14-4-5-15-29)19-26(30-16-6-7-17-30)28(21,3)25(23)12-13-27(20,24)2/h9,20,22-26H,4-8,10-19H2,1-3H3/t20?,22?,23?,24?,25?,26?,27-,28+/m1/s1. The van der Waals surface area contributed by atoms with Gasteiger partial charge in [-0.2, -0.15) is 0 Å². The molecule has 2 heterocycles. The first-order valence-corrected chi connectivity index (χ1v) is 13.7. The van der Waals surface area contributed by atoms with Crippen LogP contribution in [0.4, 0.5) is 0 Å². The molecule has 5 fully saturated rings. The second-order valence-electron chi connectivity index (χ2n) is 12.7. The number of likely N-dealkylation sites (tertiary alicyclic amines) is 2. The van der Waals surface area contributed by atoms with Crippen LogP contribution in [0.2, 0.25) is 0 Å². The van der Waals surface area contributed by atoms with Crippen LogP contribution in [-0.4, -0.2) is 48.1 Å². The fourth-order valence-electron chi connectivity index (χ4n) is 9.93. The monoisotopic (exact) mass is 410 g/mol. The topological polar surface area (TPSA) is 6.48 Å². The van der Waals surface area contributed by atoms with Gasteiger partial charge in [0, 0.05) is 17.5 Å². The Balaban J connectivity index is 1.36. The summed E-state index contributed by atoms with van der Waals surface area (Å²) in [5, 5.41) is 0. The molecule has 0 aromatic heterocycles. The molecule has 3 saturated carbocycles. The van der Waals surface area contributed by atoms with E-state index in [2.05, 4.69) is 36.6 Å². The average Bonchev–Trinajstić information content (AvgIpc) is 3.49. The van der Waals surface area contributed by atoms with Crippen molar-refractivity contribution in [1.82, 2.24) is 9.80 Å². The molecule has 0 aromatic rings. The summed E-state index contributed by atoms with van der Waals surface area (Å²) in [5.41, 5.74) is 2.99. The summed E-state index contributed by atoms with van der Waals surface area (Å²) in [6.07, 6.45) is 18.8. The van der Waals surface area contributed by atoms with Crippen molar-refractivity contribution in [1.29, 1.82) is 0 Å². The second-order valence-corrected chi connectivity index (χ2v) is 12.7. The minimum Gasteiger partial charge on any atom is -0.300 e. The van der Waals surface area contributed by atoms with Crippen LogP contribution in [0.15, 0.2) is 11.6 Å². The van der Waals surface area contributed by atoms with E-state index < -0.39 is 0 Å². The SMILES string of the molecule is CC1CCC2C3CC=C4CC(N5CCCC5)CC(N5CCCC5)[C@]4(C)C3CC[C@]12C. The molecule has 0 aromatic carbocycles. The maximum absolute atomic E-state index is 2.98. The lowest BCUT2D eigenvalue weighted by molar-refractivity contribution is -0.0768. The molecule has 2 aliphatic heterocycles. The van der Waals surface area contributed by atoms with Gasteiger partial charge in [0.2, 0.25) is 0 Å². The van der Waals surface area contributed by atoms with Gasteiger partial charge in [-0.25, -0.2) is 0 Å². The summed E-state index contributed by atoms with van der Waals surface area (Å²) in [7, 11) is 0. The highest BCUT2D eigenvalue weighted by atomic mass is 15.2. The normalized spacial score (nSPS) is 52.0. The van der Waals surface area contributed by atoms with Gasteiger partial charge in [0.25, 0.3) is 0 Å². The number of hydrogen-bond donors (Lipinski definition) is 0. The Kier molecular flexibility index (Phi) is 4.96. The van der Waals surface area contributed by atoms with E-state index in [9.17, 15) is 0 Å². The molecule has 0 amide bonds. The largest absolute Gasteiger partial charge is 0.300 e. The van der Waals surface area contributed by atoms with Gasteiger partial charge in [-0.3, -0.25) is 4.90 Å². The predicted molar refractivity (Wildman–Crippen MR) is 125 cm³/mol. The highest BCUT2D eigenvalue weighted by Gasteiger charge is 2.61. The Morgan fingerprint density at radius 2 is 1.57 bits per heavy atom. The first-order valence-electron chi connectivity index (χ1n) is 13.7. The summed E-state index contributed by atoms with van der Waals surface area (Å²) in [6.45, 7) is 13.5. The molecule has 0 N–H and O–H groups in total. The van der Waals surface area contributed by atoms with Crippen molar-refractivity contribution in [2.75, 3.05) is 26.2 Å². The van der Waals surface area contributed by atoms with E-state index in [-0.39, 0.29) is 0 Å². The zero-order valence-electron chi connectivity index (χ0n) is 20.0. The van der Waals surface area contributed by atoms with E-state index in [0.29, 0.717) is 10.8 Å². The summed E-state index contributed by atoms with van der Waals surface area (Å²) < 4.78 is 0. The van der Waals surface area contributed by atoms with Crippen LogP contribution in [0.3, 0.4) is 0 Å². The lowest BCUT2D eigenvalue weighted by atomic mass is 9.46. The lowest BCUT2D eigenvalue weighted by Gasteiger charge is -2.62. The second kappa shape index (κ2) is 7.34. The fraction of sp³-hybridized carbons (Fsp3) is 0.929. The Hall–Kier alpha value is -0.340. The third kappa shape index (κ3) is 2.81. The molecule has 168 valence electrons. The number of allylic oxidation sites excluding steroid dienone is 1. The van der Waals surface area contributed by atoms with E-state index in [4.69, 9.17) is 0 Å². The van der Waals surface area contributed by atoms with E-state index in [0.717, 1.165) is 35.8 Å². The van der Waals surface area contributed by atoms with Crippen LogP contribution < -0.4 is 0 Å². The first kappa shape index (κ1) is 20.3. The molecule has 6 unspecified atom stereocenters. The molecule has 0 spiro atoms. The zero-order chi connectivity index (χ0) is 20.5. The summed E-state index contributed by atoms with van der Waals surface area (Å²) >= 11 is 0. The highest BCUT2D eigenvalue weighted by molar-refractivity contribution is 5.29. The van der Waals surface area contributed by atoms with E-state index in [1.165, 1.54) is 96.8 Å². The molecule has 2 heteroatoms. The molecule has 0 bridgehead atoms. The van der Waals surface area contributed by atoms with E-state index in [1.807, 2.05) is 5.57 Å². The average molecular weight is 411 g/mol. The van der Waals surface area contributed by atoms with Gasteiger partial charge in [0.05, 0.1) is 0 Å². The Morgan fingerprint density at radius 3 is 2.30 bits per heavy atom. The summed E-state index contributed by atoms with van der Waals surface area (Å²) in [4.78, 5) is 5.86. The van der Waals surface area contributed by atoms with Gasteiger partial charge in [0.15, 0.2) is 0 Å². The quantitative estimate of drug-likeness (QED) is 0.506. The molecule has 6 rings (SSSR count). The molecule has 6 aliphatic rings. The van der Waals surface area contributed by atoms with Crippen LogP contribution in [0.25, 0.3) is 0 Å². The first-order chi connectivity index (χ1) is 14.5. The van der Waals surface area contributed by atoms with Crippen LogP contribution in [0.5, 0.6) is 0 Å². The van der Waals surface area contributed by atoms with Crippen molar-refractivity contribution in [2.45, 2.75) is 103 Å². The van der Waals surface area contributed by atoms with Crippen LogP contribution >= 0.6 is 0 Å². The van der Waals surface area contributed by atoms with Crippen LogP contribution in [0.1, 0.15) is 91.4 Å². The highest BCUT2D eigenvalue weighted by Crippen LogP contribution is 2.66. The van der Waals surface area contributed by atoms with Crippen molar-refractivity contribution in [3.8, 4) is 0 Å². The van der Waals surface area contributed by atoms with E-state index in [1.54, 1.807) is 0 Å².